The van der Waals surface area contributed by atoms with E-state index in [0.29, 0.717) is 6.42 Å². The van der Waals surface area contributed by atoms with Crippen LogP contribution >= 0.6 is 0 Å². The number of amides is 1. The standard InChI is InChI=1S/C59H113NO4/c1-3-5-7-9-11-13-15-17-19-21-23-25-27-29-30-32-34-36-38-40-42-44-46-48-50-52-56(62)54-59(64)60-57(55-61)58(63)53-51-49-47-45-43-41-39-37-35-33-31-28-26-24-22-20-18-16-14-12-10-8-6-4-2/h35,37,43,45,51,53,56-58,61-63H,3-34,36,38-42,44,46-50,52,54-55H2,1-2H3,(H,60,64)/b37-35+,45-43+,53-51+. The fourth-order valence-electron chi connectivity index (χ4n) is 9.02. The van der Waals surface area contributed by atoms with Crippen LogP contribution in [0.25, 0.3) is 0 Å². The number of aliphatic hydroxyl groups excluding tert-OH is 3. The van der Waals surface area contributed by atoms with E-state index < -0.39 is 18.2 Å². The van der Waals surface area contributed by atoms with Gasteiger partial charge >= 0.3 is 0 Å². The average molecular weight is 901 g/mol. The monoisotopic (exact) mass is 900 g/mol. The number of carbonyl (C=O) groups excluding carboxylic acids is 1. The van der Waals surface area contributed by atoms with Crippen molar-refractivity contribution >= 4 is 5.91 Å². The summed E-state index contributed by atoms with van der Waals surface area (Å²) in [5.74, 6) is -0.324. The molecule has 5 nitrogen and oxygen atoms in total. The van der Waals surface area contributed by atoms with Gasteiger partial charge < -0.3 is 20.6 Å². The number of rotatable bonds is 53. The number of allylic oxidation sites excluding steroid dienone is 5. The number of nitrogens with one attached hydrogen (secondary N) is 1. The third-order valence-corrected chi connectivity index (χ3v) is 13.4. The Kier molecular flexibility index (Phi) is 53.0. The first-order valence-corrected chi connectivity index (χ1v) is 28.8. The molecule has 0 aliphatic rings. The molecule has 0 aliphatic heterocycles. The lowest BCUT2D eigenvalue weighted by molar-refractivity contribution is -0.124. The van der Waals surface area contributed by atoms with Gasteiger partial charge in [-0.1, -0.05) is 294 Å². The summed E-state index contributed by atoms with van der Waals surface area (Å²) in [6.45, 7) is 4.24. The van der Waals surface area contributed by atoms with Crippen molar-refractivity contribution < 1.29 is 20.1 Å². The van der Waals surface area contributed by atoms with Crippen LogP contribution in [-0.2, 0) is 4.79 Å². The van der Waals surface area contributed by atoms with Gasteiger partial charge in [0.15, 0.2) is 0 Å². The molecular formula is C59H113NO4. The molecule has 3 unspecified atom stereocenters. The fraction of sp³-hybridized carbons (Fsp3) is 0.881. The maximum atomic E-state index is 12.5. The lowest BCUT2D eigenvalue weighted by Crippen LogP contribution is -2.45. The van der Waals surface area contributed by atoms with Crippen LogP contribution in [0.4, 0.5) is 0 Å². The van der Waals surface area contributed by atoms with E-state index in [0.717, 1.165) is 38.5 Å². The van der Waals surface area contributed by atoms with Crippen LogP contribution in [0.2, 0.25) is 0 Å². The van der Waals surface area contributed by atoms with Crippen LogP contribution in [0.1, 0.15) is 309 Å². The second kappa shape index (κ2) is 54.2. The quantitative estimate of drug-likeness (QED) is 0.0362. The predicted molar refractivity (Wildman–Crippen MR) is 282 cm³/mol. The SMILES string of the molecule is CCCCCCCCCCCCCCCC/C=C/CC/C=C/CC/C=C/C(O)C(CO)NC(=O)CC(O)CCCCCCCCCCCCCCCCCCCCCCCCCCC. The van der Waals surface area contributed by atoms with E-state index in [4.69, 9.17) is 0 Å². The molecule has 0 aromatic carbocycles. The molecule has 0 rings (SSSR count). The first-order chi connectivity index (χ1) is 31.5. The average Bonchev–Trinajstić information content (AvgIpc) is 3.29. The highest BCUT2D eigenvalue weighted by atomic mass is 16.3. The van der Waals surface area contributed by atoms with Gasteiger partial charge in [0, 0.05) is 0 Å². The number of hydrogen-bond donors (Lipinski definition) is 4. The molecule has 0 bridgehead atoms. The Hall–Kier alpha value is -1.43. The number of hydrogen-bond acceptors (Lipinski definition) is 4. The zero-order valence-corrected chi connectivity index (χ0v) is 43.2. The summed E-state index contributed by atoms with van der Waals surface area (Å²) in [5, 5.41) is 33.4. The summed E-state index contributed by atoms with van der Waals surface area (Å²) in [5.41, 5.74) is 0. The van der Waals surface area contributed by atoms with E-state index in [1.165, 1.54) is 244 Å². The van der Waals surface area contributed by atoms with Gasteiger partial charge in [-0.3, -0.25) is 4.79 Å². The molecule has 0 aromatic heterocycles. The summed E-state index contributed by atoms with van der Waals surface area (Å²) in [4.78, 5) is 12.5. The van der Waals surface area contributed by atoms with E-state index in [-0.39, 0.29) is 18.9 Å². The molecule has 0 radical (unpaired) electrons. The van der Waals surface area contributed by atoms with Gasteiger partial charge in [-0.15, -0.1) is 0 Å². The minimum absolute atomic E-state index is 0.00575. The first-order valence-electron chi connectivity index (χ1n) is 28.8. The van der Waals surface area contributed by atoms with Crippen molar-refractivity contribution in [3.05, 3.63) is 36.5 Å². The van der Waals surface area contributed by atoms with Crippen LogP contribution in [0.15, 0.2) is 36.5 Å². The van der Waals surface area contributed by atoms with Crippen molar-refractivity contribution in [1.29, 1.82) is 0 Å². The molecule has 1 amide bonds. The zero-order valence-electron chi connectivity index (χ0n) is 43.2. The molecule has 0 heterocycles. The highest BCUT2D eigenvalue weighted by molar-refractivity contribution is 5.76. The highest BCUT2D eigenvalue weighted by Crippen LogP contribution is 2.18. The Morgan fingerprint density at radius 1 is 0.391 bits per heavy atom. The van der Waals surface area contributed by atoms with Gasteiger partial charge in [-0.2, -0.15) is 0 Å². The number of carbonyl (C=O) groups is 1. The molecular weight excluding hydrogens is 787 g/mol. The summed E-state index contributed by atoms with van der Waals surface area (Å²) < 4.78 is 0. The van der Waals surface area contributed by atoms with Crippen LogP contribution in [-0.4, -0.2) is 46.1 Å². The largest absolute Gasteiger partial charge is 0.394 e. The Balaban J connectivity index is 3.60. The van der Waals surface area contributed by atoms with Crippen molar-refractivity contribution in [2.75, 3.05) is 6.61 Å². The van der Waals surface area contributed by atoms with Gasteiger partial charge in [0.05, 0.1) is 31.3 Å². The van der Waals surface area contributed by atoms with E-state index in [1.807, 2.05) is 6.08 Å². The minimum atomic E-state index is -0.960. The Bertz CT molecular complexity index is 993. The highest BCUT2D eigenvalue weighted by Gasteiger charge is 2.20. The van der Waals surface area contributed by atoms with Crippen molar-refractivity contribution in [3.8, 4) is 0 Å². The normalized spacial score (nSPS) is 13.5. The summed E-state index contributed by atoms with van der Waals surface area (Å²) in [7, 11) is 0. The van der Waals surface area contributed by atoms with Crippen molar-refractivity contribution in [2.24, 2.45) is 0 Å². The van der Waals surface area contributed by atoms with Gasteiger partial charge in [0.25, 0.3) is 0 Å². The van der Waals surface area contributed by atoms with Gasteiger partial charge in [-0.25, -0.2) is 0 Å². The van der Waals surface area contributed by atoms with Crippen LogP contribution in [0.5, 0.6) is 0 Å². The number of aliphatic hydroxyl groups is 3. The molecule has 3 atom stereocenters. The van der Waals surface area contributed by atoms with E-state index >= 15 is 0 Å². The van der Waals surface area contributed by atoms with Crippen LogP contribution in [0.3, 0.4) is 0 Å². The third kappa shape index (κ3) is 50.0. The van der Waals surface area contributed by atoms with E-state index in [9.17, 15) is 20.1 Å². The third-order valence-electron chi connectivity index (χ3n) is 13.4. The number of unbranched alkanes of at least 4 members (excludes halogenated alkanes) is 40. The molecule has 378 valence electrons. The van der Waals surface area contributed by atoms with Gasteiger partial charge in [-0.05, 0) is 44.9 Å². The van der Waals surface area contributed by atoms with Gasteiger partial charge in [0.2, 0.25) is 5.91 Å². The molecule has 0 spiro atoms. The molecule has 0 saturated heterocycles. The fourth-order valence-corrected chi connectivity index (χ4v) is 9.02. The maximum absolute atomic E-state index is 12.5. The Morgan fingerprint density at radius 2 is 0.672 bits per heavy atom. The molecule has 0 fully saturated rings. The Labute approximate surface area is 400 Å². The predicted octanol–water partition coefficient (Wildman–Crippen LogP) is 17.8. The summed E-state index contributed by atoms with van der Waals surface area (Å²) in [6.07, 6.45) is 70.6. The second-order valence-electron chi connectivity index (χ2n) is 19.9. The van der Waals surface area contributed by atoms with E-state index in [1.54, 1.807) is 6.08 Å². The van der Waals surface area contributed by atoms with Crippen LogP contribution in [0, 0.1) is 0 Å². The second-order valence-corrected chi connectivity index (χ2v) is 19.9. The molecule has 0 aliphatic carbocycles. The van der Waals surface area contributed by atoms with Gasteiger partial charge in [0.1, 0.15) is 0 Å². The van der Waals surface area contributed by atoms with Crippen molar-refractivity contribution in [1.82, 2.24) is 5.32 Å². The first kappa shape index (κ1) is 62.6. The maximum Gasteiger partial charge on any atom is 0.222 e. The zero-order chi connectivity index (χ0) is 46.5. The van der Waals surface area contributed by atoms with Crippen molar-refractivity contribution in [3.63, 3.8) is 0 Å². The lowest BCUT2D eigenvalue weighted by Gasteiger charge is -2.21. The molecule has 0 aromatic rings. The smallest absolute Gasteiger partial charge is 0.222 e. The topological polar surface area (TPSA) is 89.8 Å². The summed E-state index contributed by atoms with van der Waals surface area (Å²) >= 11 is 0. The lowest BCUT2D eigenvalue weighted by atomic mass is 10.0. The summed E-state index contributed by atoms with van der Waals surface area (Å²) in [6, 6.07) is -0.767. The molecule has 0 saturated carbocycles. The molecule has 5 heteroatoms. The minimum Gasteiger partial charge on any atom is -0.394 e. The van der Waals surface area contributed by atoms with Crippen molar-refractivity contribution in [2.45, 2.75) is 327 Å². The molecule has 4 N–H and O–H groups in total. The van der Waals surface area contributed by atoms with E-state index in [2.05, 4.69) is 43.5 Å². The van der Waals surface area contributed by atoms with Crippen LogP contribution < -0.4 is 5.32 Å². The Morgan fingerprint density at radius 3 is 1.00 bits per heavy atom. The molecule has 64 heavy (non-hydrogen) atoms.